The van der Waals surface area contributed by atoms with E-state index in [0.717, 1.165) is 5.57 Å². The second-order valence-electron chi connectivity index (χ2n) is 1.74. The second-order valence-corrected chi connectivity index (χ2v) is 2.24. The van der Waals surface area contributed by atoms with E-state index in [1.807, 2.05) is 24.3 Å². The predicted octanol–water partition coefficient (Wildman–Crippen LogP) is 2.28. The van der Waals surface area contributed by atoms with E-state index in [0.29, 0.717) is 0 Å². The SMILES string of the molecule is C=C1C=CC(Cl)C=C1. The molecule has 0 unspecified atom stereocenters. The van der Waals surface area contributed by atoms with Crippen LogP contribution in [0.5, 0.6) is 0 Å². The quantitative estimate of drug-likeness (QED) is 0.437. The Morgan fingerprint density at radius 3 is 2.25 bits per heavy atom. The summed E-state index contributed by atoms with van der Waals surface area (Å²) in [6, 6.07) is 0. The highest BCUT2D eigenvalue weighted by molar-refractivity contribution is 6.23. The summed E-state index contributed by atoms with van der Waals surface area (Å²) in [6.45, 7) is 3.72. The summed E-state index contributed by atoms with van der Waals surface area (Å²) in [4.78, 5) is 0. The maximum atomic E-state index is 5.67. The van der Waals surface area contributed by atoms with Crippen LogP contribution in [0.1, 0.15) is 0 Å². The van der Waals surface area contributed by atoms with Crippen molar-refractivity contribution in [2.45, 2.75) is 5.38 Å². The molecule has 0 aromatic carbocycles. The van der Waals surface area contributed by atoms with Crippen molar-refractivity contribution in [1.82, 2.24) is 0 Å². The lowest BCUT2D eigenvalue weighted by Gasteiger charge is -2.00. The highest BCUT2D eigenvalue weighted by Gasteiger charge is 1.96. The fourth-order valence-electron chi connectivity index (χ4n) is 0.551. The van der Waals surface area contributed by atoms with E-state index in [-0.39, 0.29) is 5.38 Å². The Labute approximate surface area is 54.2 Å². The third kappa shape index (κ3) is 1.24. The molecule has 1 aliphatic rings. The van der Waals surface area contributed by atoms with Gasteiger partial charge in [-0.25, -0.2) is 0 Å². The number of hydrogen-bond donors (Lipinski definition) is 0. The lowest BCUT2D eigenvalue weighted by Crippen LogP contribution is -1.90. The molecule has 0 amide bonds. The van der Waals surface area contributed by atoms with Crippen molar-refractivity contribution in [3.8, 4) is 0 Å². The number of allylic oxidation sites excluding steroid dienone is 5. The van der Waals surface area contributed by atoms with Crippen LogP contribution in [-0.4, -0.2) is 5.38 Å². The van der Waals surface area contributed by atoms with Crippen LogP contribution in [0.15, 0.2) is 36.5 Å². The maximum Gasteiger partial charge on any atom is 0.0703 e. The number of halogens is 1. The molecule has 42 valence electrons. The summed E-state index contributed by atoms with van der Waals surface area (Å²) in [5.41, 5.74) is 1.02. The molecule has 1 rings (SSSR count). The molecule has 0 fully saturated rings. The van der Waals surface area contributed by atoms with Crippen LogP contribution < -0.4 is 0 Å². The molecule has 1 heteroatoms. The Morgan fingerprint density at radius 1 is 1.38 bits per heavy atom. The van der Waals surface area contributed by atoms with Crippen molar-refractivity contribution < 1.29 is 0 Å². The normalized spacial score (nSPS) is 19.9. The minimum Gasteiger partial charge on any atom is -0.114 e. The molecular formula is C7H7Cl. The van der Waals surface area contributed by atoms with Gasteiger partial charge in [0.1, 0.15) is 0 Å². The van der Waals surface area contributed by atoms with Crippen LogP contribution in [0.3, 0.4) is 0 Å². The number of hydrogen-bond acceptors (Lipinski definition) is 0. The van der Waals surface area contributed by atoms with Gasteiger partial charge in [-0.2, -0.15) is 0 Å². The van der Waals surface area contributed by atoms with Gasteiger partial charge >= 0.3 is 0 Å². The molecule has 0 bridgehead atoms. The minimum absolute atomic E-state index is 0.0699. The highest BCUT2D eigenvalue weighted by atomic mass is 35.5. The summed E-state index contributed by atoms with van der Waals surface area (Å²) in [6.07, 6.45) is 7.64. The van der Waals surface area contributed by atoms with Gasteiger partial charge in [-0.05, 0) is 5.57 Å². The topological polar surface area (TPSA) is 0 Å². The standard InChI is InChI=1S/C7H7Cl/c1-6-2-4-7(8)5-3-6/h2-5,7H,1H2. The Bertz CT molecular complexity index is 138. The smallest absolute Gasteiger partial charge is 0.0703 e. The summed E-state index contributed by atoms with van der Waals surface area (Å²) < 4.78 is 0. The first-order valence-corrected chi connectivity index (χ1v) is 2.92. The van der Waals surface area contributed by atoms with Crippen LogP contribution in [-0.2, 0) is 0 Å². The first kappa shape index (κ1) is 5.64. The lowest BCUT2D eigenvalue weighted by molar-refractivity contribution is 1.35. The van der Waals surface area contributed by atoms with E-state index in [1.54, 1.807) is 0 Å². The van der Waals surface area contributed by atoms with Gasteiger partial charge in [0.15, 0.2) is 0 Å². The van der Waals surface area contributed by atoms with Gasteiger partial charge in [0, 0.05) is 0 Å². The molecule has 0 aromatic heterocycles. The Hall–Kier alpha value is -0.490. The first-order chi connectivity index (χ1) is 3.79. The molecule has 0 saturated heterocycles. The predicted molar refractivity (Wildman–Crippen MR) is 37.1 cm³/mol. The van der Waals surface area contributed by atoms with Crippen molar-refractivity contribution in [2.24, 2.45) is 0 Å². The van der Waals surface area contributed by atoms with Gasteiger partial charge in [0.05, 0.1) is 5.38 Å². The van der Waals surface area contributed by atoms with Gasteiger partial charge in [-0.3, -0.25) is 0 Å². The molecular weight excluding hydrogens is 120 g/mol. The summed E-state index contributed by atoms with van der Waals surface area (Å²) in [5.74, 6) is 0. The zero-order valence-electron chi connectivity index (χ0n) is 4.47. The molecule has 0 N–H and O–H groups in total. The third-order valence-corrected chi connectivity index (χ3v) is 1.28. The molecule has 0 aliphatic heterocycles. The minimum atomic E-state index is 0.0699. The van der Waals surface area contributed by atoms with Gasteiger partial charge < -0.3 is 0 Å². The van der Waals surface area contributed by atoms with Crippen LogP contribution in [0.25, 0.3) is 0 Å². The van der Waals surface area contributed by atoms with Crippen LogP contribution in [0.4, 0.5) is 0 Å². The van der Waals surface area contributed by atoms with Crippen LogP contribution >= 0.6 is 11.6 Å². The third-order valence-electron chi connectivity index (χ3n) is 0.988. The Balaban J connectivity index is 2.68. The monoisotopic (exact) mass is 126 g/mol. The van der Waals surface area contributed by atoms with Gasteiger partial charge in [-0.15, -0.1) is 11.6 Å². The van der Waals surface area contributed by atoms with Gasteiger partial charge in [0.2, 0.25) is 0 Å². The zero-order valence-corrected chi connectivity index (χ0v) is 5.23. The van der Waals surface area contributed by atoms with E-state index >= 15 is 0 Å². The molecule has 0 heterocycles. The summed E-state index contributed by atoms with van der Waals surface area (Å²) in [7, 11) is 0. The first-order valence-electron chi connectivity index (χ1n) is 2.48. The number of alkyl halides is 1. The largest absolute Gasteiger partial charge is 0.114 e. The molecule has 0 radical (unpaired) electrons. The van der Waals surface area contributed by atoms with Gasteiger partial charge in [-0.1, -0.05) is 30.9 Å². The Kier molecular flexibility index (Phi) is 1.54. The fraction of sp³-hybridized carbons (Fsp3) is 0.143. The van der Waals surface area contributed by atoms with Crippen molar-refractivity contribution in [1.29, 1.82) is 0 Å². The molecule has 0 aromatic rings. The zero-order chi connectivity index (χ0) is 5.98. The summed E-state index contributed by atoms with van der Waals surface area (Å²) in [5, 5.41) is 0.0699. The van der Waals surface area contributed by atoms with Gasteiger partial charge in [0.25, 0.3) is 0 Å². The Morgan fingerprint density at radius 2 is 1.88 bits per heavy atom. The van der Waals surface area contributed by atoms with E-state index in [1.165, 1.54) is 0 Å². The fourth-order valence-corrected chi connectivity index (χ4v) is 0.696. The van der Waals surface area contributed by atoms with Crippen molar-refractivity contribution in [2.75, 3.05) is 0 Å². The number of rotatable bonds is 0. The lowest BCUT2D eigenvalue weighted by atomic mass is 10.1. The van der Waals surface area contributed by atoms with E-state index in [4.69, 9.17) is 11.6 Å². The summed E-state index contributed by atoms with van der Waals surface area (Å²) >= 11 is 5.67. The van der Waals surface area contributed by atoms with Crippen LogP contribution in [0.2, 0.25) is 0 Å². The van der Waals surface area contributed by atoms with E-state index < -0.39 is 0 Å². The molecule has 0 saturated carbocycles. The molecule has 0 nitrogen and oxygen atoms in total. The van der Waals surface area contributed by atoms with E-state index in [2.05, 4.69) is 6.58 Å². The molecule has 0 spiro atoms. The van der Waals surface area contributed by atoms with Crippen molar-refractivity contribution in [3.05, 3.63) is 36.5 Å². The van der Waals surface area contributed by atoms with Crippen molar-refractivity contribution >= 4 is 11.6 Å². The average Bonchev–Trinajstić information content (AvgIpc) is 1.77. The second kappa shape index (κ2) is 2.19. The maximum absolute atomic E-state index is 5.67. The molecule has 1 aliphatic carbocycles. The van der Waals surface area contributed by atoms with Crippen molar-refractivity contribution in [3.63, 3.8) is 0 Å². The highest BCUT2D eigenvalue weighted by Crippen LogP contribution is 2.10. The molecule has 0 atom stereocenters. The average molecular weight is 127 g/mol. The van der Waals surface area contributed by atoms with Crippen LogP contribution in [0, 0.1) is 0 Å². The van der Waals surface area contributed by atoms with E-state index in [9.17, 15) is 0 Å². The molecule has 8 heavy (non-hydrogen) atoms.